The van der Waals surface area contributed by atoms with Gasteiger partial charge in [-0.3, -0.25) is 4.31 Å². The van der Waals surface area contributed by atoms with Gasteiger partial charge in [-0.1, -0.05) is 6.08 Å². The van der Waals surface area contributed by atoms with Crippen LogP contribution in [0.2, 0.25) is 0 Å². The lowest BCUT2D eigenvalue weighted by Gasteiger charge is -2.20. The quantitative estimate of drug-likeness (QED) is 0.790. The van der Waals surface area contributed by atoms with E-state index in [-0.39, 0.29) is 12.3 Å². The van der Waals surface area contributed by atoms with Gasteiger partial charge in [0.05, 0.1) is 18.5 Å². The highest BCUT2D eigenvalue weighted by atomic mass is 32.2. The topological polar surface area (TPSA) is 57.6 Å². The first-order valence-corrected chi connectivity index (χ1v) is 6.17. The summed E-state index contributed by atoms with van der Waals surface area (Å²) in [7, 11) is -3.31. The molecule has 0 saturated heterocycles. The molecule has 15 heavy (non-hydrogen) atoms. The summed E-state index contributed by atoms with van der Waals surface area (Å²) in [6, 6.07) is 5.97. The van der Waals surface area contributed by atoms with Crippen LogP contribution in [0, 0.1) is 0 Å². The van der Waals surface area contributed by atoms with E-state index in [2.05, 4.69) is 6.58 Å². The van der Waals surface area contributed by atoms with Crippen molar-refractivity contribution >= 4 is 15.7 Å². The van der Waals surface area contributed by atoms with Crippen LogP contribution in [0.1, 0.15) is 0 Å². The van der Waals surface area contributed by atoms with Crippen molar-refractivity contribution in [2.24, 2.45) is 0 Å². The molecule has 4 nitrogen and oxygen atoms in total. The van der Waals surface area contributed by atoms with E-state index in [0.717, 1.165) is 6.26 Å². The lowest BCUT2D eigenvalue weighted by atomic mass is 10.3. The third-order valence-corrected chi connectivity index (χ3v) is 2.99. The molecule has 0 heterocycles. The Morgan fingerprint density at radius 2 is 1.93 bits per heavy atom. The molecule has 0 fully saturated rings. The van der Waals surface area contributed by atoms with Crippen LogP contribution in [0.3, 0.4) is 0 Å². The van der Waals surface area contributed by atoms with E-state index in [1.54, 1.807) is 12.1 Å². The van der Waals surface area contributed by atoms with Crippen molar-refractivity contribution in [2.75, 3.05) is 17.1 Å². The molecule has 0 amide bonds. The predicted molar refractivity (Wildman–Crippen MR) is 60.5 cm³/mol. The number of phenolic OH excluding ortho intramolecular Hbond substituents is 1. The van der Waals surface area contributed by atoms with Crippen LogP contribution >= 0.6 is 0 Å². The summed E-state index contributed by atoms with van der Waals surface area (Å²) in [5.41, 5.74) is 0.509. The molecule has 0 radical (unpaired) electrons. The fraction of sp³-hybridized carbons (Fsp3) is 0.200. The fourth-order valence-corrected chi connectivity index (χ4v) is 2.05. The first-order chi connectivity index (χ1) is 6.95. The van der Waals surface area contributed by atoms with Gasteiger partial charge in [-0.25, -0.2) is 8.42 Å². The van der Waals surface area contributed by atoms with Gasteiger partial charge in [-0.15, -0.1) is 6.58 Å². The highest BCUT2D eigenvalue weighted by molar-refractivity contribution is 7.92. The molecule has 82 valence electrons. The molecule has 0 aromatic heterocycles. The molecule has 0 atom stereocenters. The van der Waals surface area contributed by atoms with Gasteiger partial charge < -0.3 is 5.11 Å². The summed E-state index contributed by atoms with van der Waals surface area (Å²) in [6.45, 7) is 3.71. The number of anilines is 1. The number of phenols is 1. The molecule has 1 aromatic carbocycles. The predicted octanol–water partition coefficient (Wildman–Crippen LogP) is 1.34. The highest BCUT2D eigenvalue weighted by Crippen LogP contribution is 2.20. The normalized spacial score (nSPS) is 11.0. The van der Waals surface area contributed by atoms with Gasteiger partial charge in [0.25, 0.3) is 0 Å². The average Bonchev–Trinajstić information content (AvgIpc) is 2.14. The Balaban J connectivity index is 3.10. The Morgan fingerprint density at radius 1 is 1.40 bits per heavy atom. The van der Waals surface area contributed by atoms with Crippen LogP contribution < -0.4 is 4.31 Å². The number of hydrogen-bond donors (Lipinski definition) is 1. The van der Waals surface area contributed by atoms with Crippen LogP contribution in [-0.4, -0.2) is 26.3 Å². The highest BCUT2D eigenvalue weighted by Gasteiger charge is 2.15. The number of rotatable bonds is 4. The Bertz CT molecular complexity index is 436. The van der Waals surface area contributed by atoms with E-state index in [0.29, 0.717) is 5.69 Å². The first kappa shape index (κ1) is 11.6. The molecule has 0 aliphatic heterocycles. The fourth-order valence-electron chi connectivity index (χ4n) is 1.17. The third kappa shape index (κ3) is 2.99. The Hall–Kier alpha value is -1.49. The van der Waals surface area contributed by atoms with E-state index in [1.165, 1.54) is 22.5 Å². The summed E-state index contributed by atoms with van der Waals surface area (Å²) in [6.07, 6.45) is 2.64. The maximum Gasteiger partial charge on any atom is 0.232 e. The van der Waals surface area contributed by atoms with Crippen LogP contribution in [0.4, 0.5) is 5.69 Å². The molecule has 5 heteroatoms. The van der Waals surface area contributed by atoms with Crippen molar-refractivity contribution in [3.8, 4) is 5.75 Å². The van der Waals surface area contributed by atoms with Crippen LogP contribution in [0.5, 0.6) is 5.75 Å². The molecule has 0 bridgehead atoms. The molecule has 0 spiro atoms. The summed E-state index contributed by atoms with van der Waals surface area (Å²) >= 11 is 0. The molecule has 1 N–H and O–H groups in total. The molecule has 0 aliphatic rings. The Morgan fingerprint density at radius 3 is 2.33 bits per heavy atom. The number of aromatic hydroxyl groups is 1. The standard InChI is InChI=1S/C10H13NO3S/c1-3-8-11(15(2,13)14)9-4-6-10(12)7-5-9/h3-7,12H,1,8H2,2H3. The largest absolute Gasteiger partial charge is 0.508 e. The summed E-state index contributed by atoms with van der Waals surface area (Å²) in [4.78, 5) is 0. The first-order valence-electron chi connectivity index (χ1n) is 4.33. The van der Waals surface area contributed by atoms with Gasteiger partial charge in [0, 0.05) is 0 Å². The van der Waals surface area contributed by atoms with Crippen LogP contribution in [0.25, 0.3) is 0 Å². The van der Waals surface area contributed by atoms with Crippen molar-refractivity contribution in [1.29, 1.82) is 0 Å². The summed E-state index contributed by atoms with van der Waals surface area (Å²) < 4.78 is 24.1. The minimum Gasteiger partial charge on any atom is -0.508 e. The van der Waals surface area contributed by atoms with Crippen molar-refractivity contribution in [1.82, 2.24) is 0 Å². The van der Waals surface area contributed by atoms with Gasteiger partial charge in [0.1, 0.15) is 5.75 Å². The average molecular weight is 227 g/mol. The number of benzene rings is 1. The van der Waals surface area contributed by atoms with Gasteiger partial charge in [0.2, 0.25) is 10.0 Å². The van der Waals surface area contributed by atoms with Gasteiger partial charge in [0.15, 0.2) is 0 Å². The van der Waals surface area contributed by atoms with Crippen molar-refractivity contribution < 1.29 is 13.5 Å². The van der Waals surface area contributed by atoms with E-state index in [4.69, 9.17) is 5.11 Å². The second-order valence-electron chi connectivity index (χ2n) is 3.10. The maximum atomic E-state index is 11.4. The number of sulfonamides is 1. The second kappa shape index (κ2) is 4.35. The zero-order valence-corrected chi connectivity index (χ0v) is 9.24. The second-order valence-corrected chi connectivity index (χ2v) is 5.01. The molecule has 0 unspecified atom stereocenters. The van der Waals surface area contributed by atoms with Crippen LogP contribution in [0.15, 0.2) is 36.9 Å². The van der Waals surface area contributed by atoms with Crippen LogP contribution in [-0.2, 0) is 10.0 Å². The molecular weight excluding hydrogens is 214 g/mol. The summed E-state index contributed by atoms with van der Waals surface area (Å²) in [5.74, 6) is 0.103. The van der Waals surface area contributed by atoms with Gasteiger partial charge in [-0.05, 0) is 24.3 Å². The monoisotopic (exact) mass is 227 g/mol. The maximum absolute atomic E-state index is 11.4. The Labute approximate surface area is 89.5 Å². The van der Waals surface area contributed by atoms with E-state index in [9.17, 15) is 8.42 Å². The van der Waals surface area contributed by atoms with Crippen molar-refractivity contribution in [3.63, 3.8) is 0 Å². The zero-order chi connectivity index (χ0) is 11.5. The van der Waals surface area contributed by atoms with E-state index in [1.807, 2.05) is 0 Å². The minimum atomic E-state index is -3.31. The minimum absolute atomic E-state index is 0.103. The van der Waals surface area contributed by atoms with Crippen molar-refractivity contribution in [3.05, 3.63) is 36.9 Å². The molecule has 1 rings (SSSR count). The lowest BCUT2D eigenvalue weighted by Crippen LogP contribution is -2.29. The molecular formula is C10H13NO3S. The lowest BCUT2D eigenvalue weighted by molar-refractivity contribution is 0.475. The summed E-state index contributed by atoms with van der Waals surface area (Å²) in [5, 5.41) is 9.08. The number of nitrogens with zero attached hydrogens (tertiary/aromatic N) is 1. The van der Waals surface area contributed by atoms with Gasteiger partial charge in [-0.2, -0.15) is 0 Å². The van der Waals surface area contributed by atoms with Crippen molar-refractivity contribution in [2.45, 2.75) is 0 Å². The van der Waals surface area contributed by atoms with Gasteiger partial charge >= 0.3 is 0 Å². The zero-order valence-electron chi connectivity index (χ0n) is 8.42. The molecule has 1 aromatic rings. The molecule has 0 aliphatic carbocycles. The third-order valence-electron chi connectivity index (χ3n) is 1.83. The Kier molecular flexibility index (Phi) is 3.36. The smallest absolute Gasteiger partial charge is 0.232 e. The molecule has 0 saturated carbocycles. The van der Waals surface area contributed by atoms with E-state index >= 15 is 0 Å². The van der Waals surface area contributed by atoms with E-state index < -0.39 is 10.0 Å². The SMILES string of the molecule is C=CCN(c1ccc(O)cc1)S(C)(=O)=O. The number of hydrogen-bond acceptors (Lipinski definition) is 3.